The van der Waals surface area contributed by atoms with E-state index in [1.165, 1.54) is 36.7 Å². The second kappa shape index (κ2) is 10.2. The number of hydrogen-bond donors (Lipinski definition) is 2. The van der Waals surface area contributed by atoms with Crippen molar-refractivity contribution in [3.63, 3.8) is 0 Å². The number of carbonyl (C=O) groups excluding carboxylic acids is 2. The first-order chi connectivity index (χ1) is 20.4. The van der Waals surface area contributed by atoms with Crippen LogP contribution in [-0.2, 0) is 10.2 Å². The molecule has 0 saturated heterocycles. The molecule has 2 atom stereocenters. The van der Waals surface area contributed by atoms with Crippen LogP contribution in [0.4, 0.5) is 17.6 Å². The summed E-state index contributed by atoms with van der Waals surface area (Å²) >= 11 is 0. The number of aromatic nitrogens is 4. The summed E-state index contributed by atoms with van der Waals surface area (Å²) in [7, 11) is 1.39. The number of nitrogens with one attached hydrogen (secondary N) is 1. The fourth-order valence-electron chi connectivity index (χ4n) is 5.07. The first-order valence-electron chi connectivity index (χ1n) is 13.4. The third-order valence-corrected chi connectivity index (χ3v) is 7.82. The fourth-order valence-corrected chi connectivity index (χ4v) is 5.07. The second-order valence-corrected chi connectivity index (χ2v) is 10.9. The molecule has 43 heavy (non-hydrogen) atoms. The number of amides is 2. The molecular formula is C29H26F4N6O4. The minimum atomic E-state index is -4.86. The lowest BCUT2D eigenvalue weighted by Gasteiger charge is -2.24. The Morgan fingerprint density at radius 3 is 2.53 bits per heavy atom. The van der Waals surface area contributed by atoms with Gasteiger partial charge in [0.05, 0.1) is 18.5 Å². The summed E-state index contributed by atoms with van der Waals surface area (Å²) in [4.78, 5) is 34.0. The van der Waals surface area contributed by atoms with Crippen LogP contribution in [0.5, 0.6) is 11.6 Å². The van der Waals surface area contributed by atoms with Crippen molar-refractivity contribution in [2.75, 3.05) is 20.3 Å². The van der Waals surface area contributed by atoms with Crippen molar-refractivity contribution < 1.29 is 36.6 Å². The van der Waals surface area contributed by atoms with Crippen molar-refractivity contribution in [1.82, 2.24) is 24.9 Å². The van der Waals surface area contributed by atoms with Crippen LogP contribution >= 0.6 is 0 Å². The van der Waals surface area contributed by atoms with Crippen molar-refractivity contribution in [3.05, 3.63) is 70.9 Å². The number of primary amides is 1. The minimum Gasteiger partial charge on any atom is -0.489 e. The van der Waals surface area contributed by atoms with Crippen LogP contribution in [0.2, 0.25) is 0 Å². The summed E-state index contributed by atoms with van der Waals surface area (Å²) in [6, 6.07) is 9.09. The summed E-state index contributed by atoms with van der Waals surface area (Å²) in [5, 5.41) is 6.78. The number of nitrogens with two attached hydrogens (primary N) is 1. The van der Waals surface area contributed by atoms with Gasteiger partial charge in [-0.15, -0.1) is 0 Å². The van der Waals surface area contributed by atoms with E-state index in [2.05, 4.69) is 20.4 Å². The van der Waals surface area contributed by atoms with Crippen molar-refractivity contribution in [3.8, 4) is 22.9 Å². The standard InChI is InChI=1S/C29H26F4N6O4/c1-28(27(34)41)13-43-25-17(28)9-20(37-24(25)15-5-7-16(30)8-6-15)18(29(31,32)33)12-35-26(40)21-11-23(42-2)39-22(36-21)10-19(38-39)14-3-4-14/h5-11,14,18H,3-4,12-13H2,1-2H3,(H2,34,41)(H,35,40)/t18-,28+/m1/s1. The first-order valence-corrected chi connectivity index (χ1v) is 13.4. The molecule has 3 aromatic heterocycles. The largest absolute Gasteiger partial charge is 0.489 e. The molecule has 0 spiro atoms. The molecule has 1 saturated carbocycles. The molecule has 0 bridgehead atoms. The highest BCUT2D eigenvalue weighted by atomic mass is 19.4. The van der Waals surface area contributed by atoms with Crippen molar-refractivity contribution >= 4 is 17.5 Å². The van der Waals surface area contributed by atoms with Gasteiger partial charge in [0.25, 0.3) is 5.91 Å². The average molecular weight is 599 g/mol. The zero-order valence-electron chi connectivity index (χ0n) is 23.0. The summed E-state index contributed by atoms with van der Waals surface area (Å²) in [6.07, 6.45) is -2.89. The molecule has 0 unspecified atom stereocenters. The van der Waals surface area contributed by atoms with Gasteiger partial charge in [0.1, 0.15) is 40.9 Å². The second-order valence-electron chi connectivity index (χ2n) is 10.9. The lowest BCUT2D eigenvalue weighted by molar-refractivity contribution is -0.149. The van der Waals surface area contributed by atoms with Gasteiger partial charge in [0, 0.05) is 35.7 Å². The van der Waals surface area contributed by atoms with E-state index in [-0.39, 0.29) is 40.8 Å². The molecule has 1 aromatic carbocycles. The quantitative estimate of drug-likeness (QED) is 0.293. The summed E-state index contributed by atoms with van der Waals surface area (Å²) in [6.45, 7) is 0.356. The molecule has 0 radical (unpaired) electrons. The normalized spacial score (nSPS) is 18.7. The number of alkyl halides is 3. The van der Waals surface area contributed by atoms with E-state index >= 15 is 0 Å². The van der Waals surface area contributed by atoms with Gasteiger partial charge in [-0.1, -0.05) is 0 Å². The molecule has 4 heterocycles. The number of methoxy groups -OCH3 is 1. The number of nitrogens with zero attached hydrogens (tertiary/aromatic N) is 4. The van der Waals surface area contributed by atoms with E-state index in [4.69, 9.17) is 15.2 Å². The summed E-state index contributed by atoms with van der Waals surface area (Å²) < 4.78 is 69.8. The van der Waals surface area contributed by atoms with E-state index in [0.717, 1.165) is 36.7 Å². The van der Waals surface area contributed by atoms with Crippen LogP contribution in [-0.4, -0.2) is 57.8 Å². The number of halogens is 4. The Morgan fingerprint density at radius 2 is 1.91 bits per heavy atom. The number of ether oxygens (including phenoxy) is 2. The van der Waals surface area contributed by atoms with Crippen molar-refractivity contribution in [1.29, 1.82) is 0 Å². The van der Waals surface area contributed by atoms with Crippen molar-refractivity contribution in [2.24, 2.45) is 5.73 Å². The van der Waals surface area contributed by atoms with Gasteiger partial charge in [-0.25, -0.2) is 14.4 Å². The molecule has 10 nitrogen and oxygen atoms in total. The molecule has 2 aliphatic rings. The molecule has 1 aliphatic heterocycles. The molecule has 6 rings (SSSR count). The Balaban J connectivity index is 1.36. The van der Waals surface area contributed by atoms with Crippen LogP contribution in [0.25, 0.3) is 16.9 Å². The molecule has 4 aromatic rings. The maximum Gasteiger partial charge on any atom is 0.398 e. The van der Waals surface area contributed by atoms with Crippen LogP contribution in [0.1, 0.15) is 59.0 Å². The van der Waals surface area contributed by atoms with Gasteiger partial charge in [-0.05, 0) is 50.1 Å². The zero-order chi connectivity index (χ0) is 30.7. The number of carbonyl (C=O) groups is 2. The van der Waals surface area contributed by atoms with Gasteiger partial charge in [-0.2, -0.15) is 22.8 Å². The predicted octanol–water partition coefficient (Wildman–Crippen LogP) is 4.03. The number of rotatable bonds is 8. The predicted molar refractivity (Wildman–Crippen MR) is 144 cm³/mol. The Bertz CT molecular complexity index is 1750. The average Bonchev–Trinajstić information content (AvgIpc) is 3.63. The van der Waals surface area contributed by atoms with E-state index < -0.39 is 47.4 Å². The van der Waals surface area contributed by atoms with Crippen LogP contribution in [0, 0.1) is 5.82 Å². The van der Waals surface area contributed by atoms with Gasteiger partial charge in [0.15, 0.2) is 5.65 Å². The Morgan fingerprint density at radius 1 is 1.19 bits per heavy atom. The third kappa shape index (κ3) is 5.10. The maximum absolute atomic E-state index is 14.5. The van der Waals surface area contributed by atoms with Gasteiger partial charge < -0.3 is 20.5 Å². The van der Waals surface area contributed by atoms with Crippen molar-refractivity contribution in [2.45, 2.75) is 43.2 Å². The lowest BCUT2D eigenvalue weighted by Crippen LogP contribution is -2.40. The molecule has 224 valence electrons. The molecule has 2 amide bonds. The number of hydrogen-bond acceptors (Lipinski definition) is 7. The monoisotopic (exact) mass is 598 g/mol. The third-order valence-electron chi connectivity index (χ3n) is 7.82. The molecular weight excluding hydrogens is 572 g/mol. The number of fused-ring (bicyclic) bond motifs is 2. The van der Waals surface area contributed by atoms with E-state index in [9.17, 15) is 27.2 Å². The zero-order valence-corrected chi connectivity index (χ0v) is 23.0. The van der Waals surface area contributed by atoms with E-state index in [1.54, 1.807) is 6.07 Å². The summed E-state index contributed by atoms with van der Waals surface area (Å²) in [5.74, 6) is -3.93. The van der Waals surface area contributed by atoms with Crippen LogP contribution < -0.4 is 20.5 Å². The highest BCUT2D eigenvalue weighted by Crippen LogP contribution is 2.46. The van der Waals surface area contributed by atoms with E-state index in [0.29, 0.717) is 11.6 Å². The van der Waals surface area contributed by atoms with Crippen LogP contribution in [0.15, 0.2) is 42.5 Å². The number of pyridine rings is 1. The fraction of sp³-hybridized carbons (Fsp3) is 0.345. The smallest absolute Gasteiger partial charge is 0.398 e. The van der Waals surface area contributed by atoms with Crippen LogP contribution in [0.3, 0.4) is 0 Å². The lowest BCUT2D eigenvalue weighted by atomic mass is 9.82. The molecule has 1 fully saturated rings. The Labute approximate surface area is 242 Å². The summed E-state index contributed by atoms with van der Waals surface area (Å²) in [5.41, 5.74) is 5.05. The topological polar surface area (TPSA) is 134 Å². The molecule has 14 heteroatoms. The minimum absolute atomic E-state index is 0.0119. The molecule has 3 N–H and O–H groups in total. The molecule has 1 aliphatic carbocycles. The van der Waals surface area contributed by atoms with Gasteiger partial charge in [-0.3, -0.25) is 9.59 Å². The first kappa shape index (κ1) is 28.4. The Kier molecular flexibility index (Phi) is 6.74. The van der Waals surface area contributed by atoms with Gasteiger partial charge in [0.2, 0.25) is 11.8 Å². The number of benzene rings is 1. The highest BCUT2D eigenvalue weighted by Gasteiger charge is 2.47. The SMILES string of the molecule is COc1cc(C(=O)NC[C@H](c2cc3c(c(-c4ccc(F)cc4)n2)OC[C@]3(C)C(N)=O)C(F)(F)F)nc2cc(C3CC3)nn12. The van der Waals surface area contributed by atoms with Gasteiger partial charge >= 0.3 is 6.18 Å². The highest BCUT2D eigenvalue weighted by molar-refractivity contribution is 5.93. The Hall–Kier alpha value is -4.75. The van der Waals surface area contributed by atoms with E-state index in [1.807, 2.05) is 0 Å². The maximum atomic E-state index is 14.5.